The Morgan fingerprint density at radius 3 is 2.58 bits per heavy atom. The largest absolute Gasteiger partial charge is 0.466 e. The highest BCUT2D eigenvalue weighted by Crippen LogP contribution is 2.26. The van der Waals surface area contributed by atoms with Gasteiger partial charge in [-0.1, -0.05) is 0 Å². The van der Waals surface area contributed by atoms with Crippen LogP contribution in [0.4, 0.5) is 13.2 Å². The van der Waals surface area contributed by atoms with Gasteiger partial charge in [-0.15, -0.1) is 11.6 Å². The van der Waals surface area contributed by atoms with Crippen LogP contribution in [-0.2, 0) is 21.8 Å². The van der Waals surface area contributed by atoms with Crippen LogP contribution in [0, 0.1) is 5.82 Å². The van der Waals surface area contributed by atoms with Crippen molar-refractivity contribution in [3.63, 3.8) is 0 Å². The summed E-state index contributed by atoms with van der Waals surface area (Å²) in [6.07, 6.45) is -0.179. The van der Waals surface area contributed by atoms with Crippen molar-refractivity contribution < 1.29 is 27.4 Å². The summed E-state index contributed by atoms with van der Waals surface area (Å²) in [7, 11) is 0. The zero-order valence-electron chi connectivity index (χ0n) is 10.1. The lowest BCUT2D eigenvalue weighted by atomic mass is 10.0. The number of hydrogen-bond donors (Lipinski definition) is 0. The van der Waals surface area contributed by atoms with Crippen LogP contribution in [0.25, 0.3) is 0 Å². The molecule has 0 unspecified atom stereocenters. The minimum absolute atomic E-state index is 0.0609. The summed E-state index contributed by atoms with van der Waals surface area (Å²) < 4.78 is 46.3. The van der Waals surface area contributed by atoms with E-state index >= 15 is 0 Å². The Morgan fingerprint density at radius 2 is 2.05 bits per heavy atom. The molecule has 0 N–H and O–H groups in total. The molecule has 1 aromatic carbocycles. The summed E-state index contributed by atoms with van der Waals surface area (Å²) >= 11 is 5.64. The molecular formula is C12H12ClF3O3. The molecule has 0 aliphatic rings. The Morgan fingerprint density at radius 1 is 1.37 bits per heavy atom. The standard InChI is InChI=1S/C12H12ClF3O3/c1-2-18-11(17)5-7-3-9(14)10(19-12(15)16)4-8(7)6-13/h3-4,12H,2,5-6H2,1H3. The second-order valence-electron chi connectivity index (χ2n) is 3.55. The maximum Gasteiger partial charge on any atom is 0.387 e. The topological polar surface area (TPSA) is 35.5 Å². The predicted octanol–water partition coefficient (Wildman–Crippen LogP) is 3.27. The van der Waals surface area contributed by atoms with Gasteiger partial charge in [-0.05, 0) is 30.2 Å². The molecular weight excluding hydrogens is 285 g/mol. The van der Waals surface area contributed by atoms with Crippen LogP contribution < -0.4 is 4.74 Å². The van der Waals surface area contributed by atoms with Crippen molar-refractivity contribution in [1.82, 2.24) is 0 Å². The van der Waals surface area contributed by atoms with E-state index in [0.717, 1.165) is 12.1 Å². The third-order valence-corrected chi connectivity index (χ3v) is 2.54. The maximum atomic E-state index is 13.5. The molecule has 0 spiro atoms. The highest BCUT2D eigenvalue weighted by Gasteiger charge is 2.16. The van der Waals surface area contributed by atoms with Gasteiger partial charge in [-0.25, -0.2) is 4.39 Å². The second kappa shape index (κ2) is 7.23. The summed E-state index contributed by atoms with van der Waals surface area (Å²) in [4.78, 5) is 11.3. The minimum atomic E-state index is -3.13. The maximum absolute atomic E-state index is 13.5. The fourth-order valence-electron chi connectivity index (χ4n) is 1.48. The predicted molar refractivity (Wildman–Crippen MR) is 62.9 cm³/mol. The molecule has 0 saturated heterocycles. The molecule has 0 saturated carbocycles. The molecule has 0 aliphatic carbocycles. The first-order chi connectivity index (χ1) is 8.97. The number of rotatable bonds is 6. The van der Waals surface area contributed by atoms with Crippen molar-refractivity contribution >= 4 is 17.6 Å². The normalized spacial score (nSPS) is 10.6. The molecule has 0 aromatic heterocycles. The zero-order valence-corrected chi connectivity index (χ0v) is 10.8. The first-order valence-corrected chi connectivity index (χ1v) is 5.99. The lowest BCUT2D eigenvalue weighted by molar-refractivity contribution is -0.142. The van der Waals surface area contributed by atoms with E-state index in [1.165, 1.54) is 0 Å². The number of halogens is 4. The van der Waals surface area contributed by atoms with Gasteiger partial charge in [0.2, 0.25) is 0 Å². The lowest BCUT2D eigenvalue weighted by Crippen LogP contribution is -2.10. The molecule has 1 rings (SSSR count). The van der Waals surface area contributed by atoms with Crippen molar-refractivity contribution in [3.05, 3.63) is 29.1 Å². The molecule has 106 valence electrons. The number of esters is 1. The number of carbonyl (C=O) groups is 1. The average molecular weight is 297 g/mol. The van der Waals surface area contributed by atoms with Crippen LogP contribution >= 0.6 is 11.6 Å². The number of carbonyl (C=O) groups excluding carboxylic acids is 1. The monoisotopic (exact) mass is 296 g/mol. The smallest absolute Gasteiger partial charge is 0.387 e. The molecule has 0 aliphatic heterocycles. The van der Waals surface area contributed by atoms with Gasteiger partial charge in [0.15, 0.2) is 11.6 Å². The first-order valence-electron chi connectivity index (χ1n) is 5.45. The van der Waals surface area contributed by atoms with Crippen molar-refractivity contribution in [2.24, 2.45) is 0 Å². The van der Waals surface area contributed by atoms with Crippen molar-refractivity contribution in [1.29, 1.82) is 0 Å². The van der Waals surface area contributed by atoms with Gasteiger partial charge in [0.25, 0.3) is 0 Å². The fourth-order valence-corrected chi connectivity index (χ4v) is 1.73. The third-order valence-electron chi connectivity index (χ3n) is 2.25. The summed E-state index contributed by atoms with van der Waals surface area (Å²) in [5.41, 5.74) is 0.624. The van der Waals surface area contributed by atoms with E-state index in [-0.39, 0.29) is 24.5 Å². The molecule has 0 amide bonds. The molecule has 0 fully saturated rings. The Labute approximate surface area is 113 Å². The van der Waals surface area contributed by atoms with Crippen molar-refractivity contribution in [3.8, 4) is 5.75 Å². The molecule has 7 heteroatoms. The van der Waals surface area contributed by atoms with E-state index in [4.69, 9.17) is 16.3 Å². The summed E-state index contributed by atoms with van der Waals surface area (Å²) in [6, 6.07) is 2.01. The average Bonchev–Trinajstić information content (AvgIpc) is 2.32. The number of alkyl halides is 3. The van der Waals surface area contributed by atoms with Gasteiger partial charge in [-0.3, -0.25) is 4.79 Å². The zero-order chi connectivity index (χ0) is 14.4. The van der Waals surface area contributed by atoms with E-state index < -0.39 is 24.1 Å². The molecule has 0 bridgehead atoms. The summed E-state index contributed by atoms with van der Waals surface area (Å²) in [5.74, 6) is -2.18. The van der Waals surface area contributed by atoms with Crippen molar-refractivity contribution in [2.75, 3.05) is 6.61 Å². The number of hydrogen-bond acceptors (Lipinski definition) is 3. The van der Waals surface area contributed by atoms with E-state index in [1.807, 2.05) is 0 Å². The van der Waals surface area contributed by atoms with E-state index in [1.54, 1.807) is 6.92 Å². The van der Waals surface area contributed by atoms with Gasteiger partial charge in [0.05, 0.1) is 13.0 Å². The van der Waals surface area contributed by atoms with E-state index in [0.29, 0.717) is 5.56 Å². The van der Waals surface area contributed by atoms with Gasteiger partial charge >= 0.3 is 12.6 Å². The molecule has 0 atom stereocenters. The quantitative estimate of drug-likeness (QED) is 0.597. The van der Waals surface area contributed by atoms with Gasteiger partial charge in [0.1, 0.15) is 0 Å². The summed E-state index contributed by atoms with van der Waals surface area (Å²) in [6.45, 7) is -1.29. The van der Waals surface area contributed by atoms with E-state index in [2.05, 4.69) is 4.74 Å². The van der Waals surface area contributed by atoms with Crippen molar-refractivity contribution in [2.45, 2.75) is 25.8 Å². The van der Waals surface area contributed by atoms with Crippen LogP contribution in [0.1, 0.15) is 18.1 Å². The Hall–Kier alpha value is -1.43. The van der Waals surface area contributed by atoms with Crippen LogP contribution in [0.15, 0.2) is 12.1 Å². The number of benzene rings is 1. The molecule has 0 radical (unpaired) electrons. The first kappa shape index (κ1) is 15.6. The minimum Gasteiger partial charge on any atom is -0.466 e. The fraction of sp³-hybridized carbons (Fsp3) is 0.417. The summed E-state index contributed by atoms with van der Waals surface area (Å²) in [5, 5.41) is 0. The highest BCUT2D eigenvalue weighted by atomic mass is 35.5. The van der Waals surface area contributed by atoms with Crippen LogP contribution in [0.5, 0.6) is 5.75 Å². The highest BCUT2D eigenvalue weighted by molar-refractivity contribution is 6.17. The third kappa shape index (κ3) is 4.63. The van der Waals surface area contributed by atoms with Gasteiger partial charge in [-0.2, -0.15) is 8.78 Å². The Kier molecular flexibility index (Phi) is 5.95. The van der Waals surface area contributed by atoms with Gasteiger partial charge < -0.3 is 9.47 Å². The number of ether oxygens (including phenoxy) is 2. The van der Waals surface area contributed by atoms with Gasteiger partial charge in [0, 0.05) is 5.88 Å². The molecule has 1 aromatic rings. The molecule has 19 heavy (non-hydrogen) atoms. The lowest BCUT2D eigenvalue weighted by Gasteiger charge is -2.11. The van der Waals surface area contributed by atoms with Crippen LogP contribution in [0.3, 0.4) is 0 Å². The van der Waals surface area contributed by atoms with Crippen LogP contribution in [0.2, 0.25) is 0 Å². The Balaban J connectivity index is 2.99. The molecule has 0 heterocycles. The molecule has 3 nitrogen and oxygen atoms in total. The van der Waals surface area contributed by atoms with E-state index in [9.17, 15) is 18.0 Å². The SMILES string of the molecule is CCOC(=O)Cc1cc(F)c(OC(F)F)cc1CCl. The van der Waals surface area contributed by atoms with Crippen LogP contribution in [-0.4, -0.2) is 19.2 Å². The Bertz CT molecular complexity index is 452. The second-order valence-corrected chi connectivity index (χ2v) is 3.81.